The molecule has 2 atom stereocenters. The van der Waals surface area contributed by atoms with Gasteiger partial charge in [0.05, 0.1) is 14.2 Å². The molecule has 1 aromatic heterocycles. The Morgan fingerprint density at radius 2 is 1.97 bits per heavy atom. The van der Waals surface area contributed by atoms with Crippen molar-refractivity contribution in [2.75, 3.05) is 20.8 Å². The average Bonchev–Trinajstić information content (AvgIpc) is 2.74. The minimum Gasteiger partial charge on any atom is -0.452 e. The van der Waals surface area contributed by atoms with Gasteiger partial charge in [-0.3, -0.25) is 9.78 Å². The molecule has 0 spiro atoms. The summed E-state index contributed by atoms with van der Waals surface area (Å²) in [5.41, 5.74) is 4.33. The van der Waals surface area contributed by atoms with Crippen LogP contribution in [0.1, 0.15) is 44.4 Å². The maximum Gasteiger partial charge on any atom is 0.429 e. The molecule has 0 aromatic carbocycles. The molecule has 0 bridgehead atoms. The lowest BCUT2D eigenvalue weighted by atomic mass is 9.94. The van der Waals surface area contributed by atoms with E-state index in [2.05, 4.69) is 15.1 Å². The van der Waals surface area contributed by atoms with Crippen molar-refractivity contribution in [2.45, 2.75) is 58.5 Å². The summed E-state index contributed by atoms with van der Waals surface area (Å²) in [6.45, 7) is 6.21. The number of likely N-dealkylation sites (tertiary alicyclic amines) is 1. The van der Waals surface area contributed by atoms with Gasteiger partial charge in [0.25, 0.3) is 0 Å². The van der Waals surface area contributed by atoms with Crippen LogP contribution in [0.2, 0.25) is 0 Å². The van der Waals surface area contributed by atoms with E-state index in [-0.39, 0.29) is 17.9 Å². The Hall–Kier alpha value is -2.84. The van der Waals surface area contributed by atoms with E-state index in [4.69, 9.17) is 4.74 Å². The number of hydrogen-bond donors (Lipinski definition) is 1. The van der Waals surface area contributed by atoms with Gasteiger partial charge in [0.15, 0.2) is 0 Å². The smallest absolute Gasteiger partial charge is 0.429 e. The Bertz CT molecular complexity index is 737. The molecule has 1 saturated heterocycles. The molecule has 9 nitrogen and oxygen atoms in total. The molecule has 2 heterocycles. The fourth-order valence-corrected chi connectivity index (χ4v) is 3.70. The lowest BCUT2D eigenvalue weighted by Gasteiger charge is -2.41. The molecule has 9 heteroatoms. The van der Waals surface area contributed by atoms with Crippen LogP contribution in [0.5, 0.6) is 0 Å². The Kier molecular flexibility index (Phi) is 8.44. The van der Waals surface area contributed by atoms with Crippen LogP contribution in [0, 0.1) is 12.8 Å². The van der Waals surface area contributed by atoms with Gasteiger partial charge in [0.1, 0.15) is 6.04 Å². The predicted molar refractivity (Wildman–Crippen MR) is 110 cm³/mol. The predicted octanol–water partition coefficient (Wildman–Crippen LogP) is 2.68. The molecule has 2 rings (SSSR count). The Labute approximate surface area is 177 Å². The van der Waals surface area contributed by atoms with Crippen LogP contribution in [0.3, 0.4) is 0 Å². The topological polar surface area (TPSA) is 101 Å². The zero-order chi connectivity index (χ0) is 22.3. The molecule has 0 saturated carbocycles. The Morgan fingerprint density at radius 1 is 1.23 bits per heavy atom. The first-order chi connectivity index (χ1) is 14.3. The second-order valence-corrected chi connectivity index (χ2v) is 7.84. The normalized spacial score (nSPS) is 17.3. The number of carbonyl (C=O) groups excluding carboxylic acids is 3. The highest BCUT2D eigenvalue weighted by Gasteiger charge is 2.40. The quantitative estimate of drug-likeness (QED) is 0.735. The van der Waals surface area contributed by atoms with Crippen molar-refractivity contribution in [3.05, 3.63) is 29.6 Å². The van der Waals surface area contributed by atoms with Crippen molar-refractivity contribution < 1.29 is 23.9 Å². The summed E-state index contributed by atoms with van der Waals surface area (Å²) < 4.78 is 9.40. The van der Waals surface area contributed by atoms with Gasteiger partial charge in [-0.1, -0.05) is 19.9 Å². The number of carbonyl (C=O) groups is 3. The lowest BCUT2D eigenvalue weighted by Crippen LogP contribution is -2.61. The van der Waals surface area contributed by atoms with E-state index in [1.165, 1.54) is 14.2 Å². The summed E-state index contributed by atoms with van der Waals surface area (Å²) in [4.78, 5) is 44.0. The number of ether oxygens (including phenoxy) is 2. The van der Waals surface area contributed by atoms with Gasteiger partial charge < -0.3 is 14.4 Å². The number of hydrazine groups is 1. The molecule has 1 aromatic rings. The third-order valence-corrected chi connectivity index (χ3v) is 5.26. The summed E-state index contributed by atoms with van der Waals surface area (Å²) in [6.07, 6.45) is 3.54. The summed E-state index contributed by atoms with van der Waals surface area (Å²) in [5, 5.41) is 0.925. The van der Waals surface area contributed by atoms with Crippen LogP contribution in [-0.2, 0) is 20.7 Å². The van der Waals surface area contributed by atoms with Gasteiger partial charge in [0.2, 0.25) is 5.91 Å². The lowest BCUT2D eigenvalue weighted by molar-refractivity contribution is -0.142. The maximum absolute atomic E-state index is 13.6. The van der Waals surface area contributed by atoms with Gasteiger partial charge in [-0.05, 0) is 43.7 Å². The molecule has 0 radical (unpaired) electrons. The number of amides is 3. The first kappa shape index (κ1) is 23.4. The molecule has 30 heavy (non-hydrogen) atoms. The monoisotopic (exact) mass is 420 g/mol. The van der Waals surface area contributed by atoms with Crippen molar-refractivity contribution in [1.29, 1.82) is 0 Å². The van der Waals surface area contributed by atoms with Gasteiger partial charge in [-0.2, -0.15) is 0 Å². The van der Waals surface area contributed by atoms with Crippen LogP contribution >= 0.6 is 0 Å². The van der Waals surface area contributed by atoms with Crippen LogP contribution < -0.4 is 5.43 Å². The maximum atomic E-state index is 13.6. The fourth-order valence-electron chi connectivity index (χ4n) is 3.70. The number of hydrogen-bond acceptors (Lipinski definition) is 6. The van der Waals surface area contributed by atoms with E-state index < -0.39 is 18.2 Å². The first-order valence-electron chi connectivity index (χ1n) is 10.2. The highest BCUT2D eigenvalue weighted by atomic mass is 16.6. The largest absolute Gasteiger partial charge is 0.452 e. The zero-order valence-corrected chi connectivity index (χ0v) is 18.4. The third kappa shape index (κ3) is 5.84. The van der Waals surface area contributed by atoms with Gasteiger partial charge in [-0.15, -0.1) is 0 Å². The SMILES string of the molecule is COC(=O)NN(C(=O)OC)C(C(=O)N1CCCCC1Cc1ccc(C)cn1)C(C)C. The van der Waals surface area contributed by atoms with Crippen LogP contribution in [-0.4, -0.2) is 65.8 Å². The average molecular weight is 421 g/mol. The Morgan fingerprint density at radius 3 is 2.53 bits per heavy atom. The zero-order valence-electron chi connectivity index (χ0n) is 18.4. The van der Waals surface area contributed by atoms with Crippen molar-refractivity contribution in [1.82, 2.24) is 20.3 Å². The molecule has 166 valence electrons. The molecule has 1 aliphatic heterocycles. The number of pyridine rings is 1. The van der Waals surface area contributed by atoms with Crippen molar-refractivity contribution in [2.24, 2.45) is 5.92 Å². The first-order valence-corrected chi connectivity index (χ1v) is 10.2. The van der Waals surface area contributed by atoms with E-state index in [1.54, 1.807) is 0 Å². The van der Waals surface area contributed by atoms with E-state index >= 15 is 0 Å². The molecule has 2 unspecified atom stereocenters. The van der Waals surface area contributed by atoms with Crippen LogP contribution in [0.25, 0.3) is 0 Å². The number of aryl methyl sites for hydroxylation is 1. The number of nitrogens with zero attached hydrogens (tertiary/aromatic N) is 3. The minimum absolute atomic E-state index is 0.0275. The standard InChI is InChI=1S/C21H32N4O5/c1-14(2)18(25(21(28)30-5)23-20(27)29-4)19(26)24-11-7-6-8-17(24)12-16-10-9-15(3)13-22-16/h9-10,13-14,17-18H,6-8,11-12H2,1-5H3,(H,23,27). The molecular formula is C21H32N4O5. The third-order valence-electron chi connectivity index (χ3n) is 5.26. The molecule has 1 N–H and O–H groups in total. The Balaban J connectivity index is 2.28. The van der Waals surface area contributed by atoms with Crippen molar-refractivity contribution in [3.63, 3.8) is 0 Å². The number of piperidine rings is 1. The molecule has 1 fully saturated rings. The van der Waals surface area contributed by atoms with Crippen molar-refractivity contribution in [3.8, 4) is 0 Å². The fraction of sp³-hybridized carbons (Fsp3) is 0.619. The summed E-state index contributed by atoms with van der Waals surface area (Å²) >= 11 is 0. The van der Waals surface area contributed by atoms with Gasteiger partial charge in [0, 0.05) is 30.9 Å². The molecular weight excluding hydrogens is 388 g/mol. The van der Waals surface area contributed by atoms with E-state index in [9.17, 15) is 14.4 Å². The molecule has 1 aliphatic rings. The highest BCUT2D eigenvalue weighted by molar-refractivity contribution is 5.87. The van der Waals surface area contributed by atoms with E-state index in [0.29, 0.717) is 13.0 Å². The number of nitrogens with one attached hydrogen (secondary N) is 1. The van der Waals surface area contributed by atoms with Gasteiger partial charge in [-0.25, -0.2) is 20.0 Å². The highest BCUT2D eigenvalue weighted by Crippen LogP contribution is 2.24. The number of rotatable bonds is 5. The van der Waals surface area contributed by atoms with Gasteiger partial charge >= 0.3 is 12.2 Å². The molecule has 0 aliphatic carbocycles. The summed E-state index contributed by atoms with van der Waals surface area (Å²) in [6, 6.07) is 3.03. The number of aromatic nitrogens is 1. The summed E-state index contributed by atoms with van der Waals surface area (Å²) in [5.74, 6) is -0.502. The van der Waals surface area contributed by atoms with Crippen LogP contribution in [0.4, 0.5) is 9.59 Å². The van der Waals surface area contributed by atoms with Crippen LogP contribution in [0.15, 0.2) is 18.3 Å². The van der Waals surface area contributed by atoms with E-state index in [0.717, 1.165) is 35.5 Å². The van der Waals surface area contributed by atoms with Crippen molar-refractivity contribution >= 4 is 18.1 Å². The number of methoxy groups -OCH3 is 2. The second-order valence-electron chi connectivity index (χ2n) is 7.84. The van der Waals surface area contributed by atoms with E-state index in [1.807, 2.05) is 44.0 Å². The minimum atomic E-state index is -0.928. The molecule has 3 amide bonds. The summed E-state index contributed by atoms with van der Waals surface area (Å²) in [7, 11) is 2.38. The second kappa shape index (κ2) is 10.8.